The Bertz CT molecular complexity index is 935. The Morgan fingerprint density at radius 1 is 1.22 bits per heavy atom. The van der Waals surface area contributed by atoms with Crippen LogP contribution in [0.15, 0.2) is 60.3 Å². The molecule has 0 aliphatic carbocycles. The zero-order valence-corrected chi connectivity index (χ0v) is 16.8. The van der Waals surface area contributed by atoms with Crippen LogP contribution in [0.5, 0.6) is 0 Å². The molecule has 0 aliphatic heterocycles. The third-order valence-electron chi connectivity index (χ3n) is 4.06. The maximum absolute atomic E-state index is 14.0. The third-order valence-corrected chi connectivity index (χ3v) is 5.40. The zero-order valence-electron chi connectivity index (χ0n) is 15.2. The van der Waals surface area contributed by atoms with Crippen LogP contribution in [0, 0.1) is 5.82 Å². The number of thioether (sulfide) groups is 1. The summed E-state index contributed by atoms with van der Waals surface area (Å²) in [4.78, 5) is 2.04. The smallest absolute Gasteiger partial charge is 0.192 e. The summed E-state index contributed by atoms with van der Waals surface area (Å²) in [5, 5.41) is 9.78. The van der Waals surface area contributed by atoms with Crippen LogP contribution in [0.4, 0.5) is 10.1 Å². The highest BCUT2D eigenvalue weighted by molar-refractivity contribution is 7.98. The van der Waals surface area contributed by atoms with Gasteiger partial charge in [-0.25, -0.2) is 4.39 Å². The molecule has 3 rings (SSSR count). The molecular weight excluding hydrogens is 383 g/mol. The molecule has 0 fully saturated rings. The third kappa shape index (κ3) is 4.34. The molecule has 1 aromatic heterocycles. The molecule has 27 heavy (non-hydrogen) atoms. The number of aromatic nitrogens is 3. The Morgan fingerprint density at radius 3 is 2.70 bits per heavy atom. The number of hydrogen-bond acceptors (Lipinski definition) is 4. The first kappa shape index (κ1) is 19.5. The van der Waals surface area contributed by atoms with E-state index >= 15 is 0 Å². The second-order valence-corrected chi connectivity index (χ2v) is 7.49. The Labute approximate surface area is 167 Å². The molecule has 4 nitrogen and oxygen atoms in total. The van der Waals surface area contributed by atoms with Gasteiger partial charge in [0, 0.05) is 48.2 Å². The highest BCUT2D eigenvalue weighted by Crippen LogP contribution is 2.30. The van der Waals surface area contributed by atoms with E-state index in [4.69, 9.17) is 11.6 Å². The van der Waals surface area contributed by atoms with Gasteiger partial charge in [-0.1, -0.05) is 47.6 Å². The highest BCUT2D eigenvalue weighted by Gasteiger charge is 2.16. The molecule has 1 heterocycles. The van der Waals surface area contributed by atoms with E-state index in [0.717, 1.165) is 17.1 Å². The zero-order chi connectivity index (χ0) is 19.4. The van der Waals surface area contributed by atoms with Crippen molar-refractivity contribution in [3.05, 3.63) is 71.5 Å². The molecule has 0 radical (unpaired) electrons. The highest BCUT2D eigenvalue weighted by atomic mass is 35.5. The number of halogens is 2. The first-order valence-electron chi connectivity index (χ1n) is 8.38. The van der Waals surface area contributed by atoms with Gasteiger partial charge in [0.15, 0.2) is 11.0 Å². The van der Waals surface area contributed by atoms with Crippen molar-refractivity contribution in [3.63, 3.8) is 0 Å². The van der Waals surface area contributed by atoms with Gasteiger partial charge in [-0.3, -0.25) is 4.57 Å². The summed E-state index contributed by atoms with van der Waals surface area (Å²) in [5.41, 5.74) is 2.51. The summed E-state index contributed by atoms with van der Waals surface area (Å²) >= 11 is 7.53. The van der Waals surface area contributed by atoms with E-state index in [9.17, 15) is 4.39 Å². The fourth-order valence-corrected chi connectivity index (χ4v) is 3.92. The summed E-state index contributed by atoms with van der Waals surface area (Å²) in [6, 6.07) is 12.8. The lowest BCUT2D eigenvalue weighted by Gasteiger charge is -2.14. The number of anilines is 1. The maximum Gasteiger partial charge on any atom is 0.192 e. The minimum atomic E-state index is -0.316. The minimum Gasteiger partial charge on any atom is -0.378 e. The van der Waals surface area contributed by atoms with E-state index in [1.54, 1.807) is 18.2 Å². The quantitative estimate of drug-likeness (QED) is 0.397. The Kier molecular flexibility index (Phi) is 6.19. The van der Waals surface area contributed by atoms with Crippen LogP contribution < -0.4 is 4.90 Å². The standard InChI is InChI=1S/C20H20ClFN4S/c1-4-11-26-19(14-7-5-8-15(12-14)25(2)3)23-24-20(26)27-13-16-17(21)9-6-10-18(16)22/h4-10,12H,1,11,13H2,2-3H3. The first-order chi connectivity index (χ1) is 13.0. The van der Waals surface area contributed by atoms with Crippen molar-refractivity contribution in [1.82, 2.24) is 14.8 Å². The number of allylic oxidation sites excluding steroid dienone is 1. The number of rotatable bonds is 7. The van der Waals surface area contributed by atoms with Gasteiger partial charge in [0.2, 0.25) is 0 Å². The Hall–Kier alpha value is -2.31. The van der Waals surface area contributed by atoms with Crippen molar-refractivity contribution in [1.29, 1.82) is 0 Å². The van der Waals surface area contributed by atoms with Crippen LogP contribution in [0.3, 0.4) is 0 Å². The van der Waals surface area contributed by atoms with Crippen LogP contribution >= 0.6 is 23.4 Å². The SMILES string of the molecule is C=CCn1c(SCc2c(F)cccc2Cl)nnc1-c1cccc(N(C)C)c1. The molecular formula is C20H20ClFN4S. The average molecular weight is 403 g/mol. The minimum absolute atomic E-state index is 0.316. The van der Waals surface area contributed by atoms with E-state index in [2.05, 4.69) is 22.8 Å². The van der Waals surface area contributed by atoms with Crippen LogP contribution in [0.1, 0.15) is 5.56 Å². The lowest BCUT2D eigenvalue weighted by atomic mass is 10.2. The van der Waals surface area contributed by atoms with Gasteiger partial charge in [-0.15, -0.1) is 16.8 Å². The molecule has 0 saturated heterocycles. The first-order valence-corrected chi connectivity index (χ1v) is 9.75. The summed E-state index contributed by atoms with van der Waals surface area (Å²) in [7, 11) is 3.99. The maximum atomic E-state index is 14.0. The fraction of sp³-hybridized carbons (Fsp3) is 0.200. The molecule has 7 heteroatoms. The predicted octanol–water partition coefficient (Wildman–Crippen LogP) is 5.28. The molecule has 2 aromatic carbocycles. The van der Waals surface area contributed by atoms with Crippen molar-refractivity contribution in [2.75, 3.05) is 19.0 Å². The van der Waals surface area contributed by atoms with E-state index < -0.39 is 0 Å². The van der Waals surface area contributed by atoms with E-state index in [-0.39, 0.29) is 5.82 Å². The molecule has 0 aliphatic rings. The van der Waals surface area contributed by atoms with Crippen LogP contribution in [-0.2, 0) is 12.3 Å². The molecule has 0 unspecified atom stereocenters. The predicted molar refractivity (Wildman–Crippen MR) is 111 cm³/mol. The lowest BCUT2D eigenvalue weighted by Crippen LogP contribution is -2.08. The molecule has 3 aromatic rings. The van der Waals surface area contributed by atoms with Crippen molar-refractivity contribution in [3.8, 4) is 11.4 Å². The van der Waals surface area contributed by atoms with Crippen molar-refractivity contribution in [2.45, 2.75) is 17.5 Å². The van der Waals surface area contributed by atoms with Gasteiger partial charge < -0.3 is 4.90 Å². The normalized spacial score (nSPS) is 10.8. The molecule has 0 amide bonds. The van der Waals surface area contributed by atoms with Gasteiger partial charge in [0.25, 0.3) is 0 Å². The molecule has 0 bridgehead atoms. The lowest BCUT2D eigenvalue weighted by molar-refractivity contribution is 0.617. The molecule has 0 saturated carbocycles. The topological polar surface area (TPSA) is 34.0 Å². The molecule has 0 atom stereocenters. The largest absolute Gasteiger partial charge is 0.378 e. The summed E-state index contributed by atoms with van der Waals surface area (Å²) < 4.78 is 16.0. The van der Waals surface area contributed by atoms with Gasteiger partial charge in [0.05, 0.1) is 0 Å². The Balaban J connectivity index is 1.92. The Morgan fingerprint density at radius 2 is 2.00 bits per heavy atom. The number of benzene rings is 2. The van der Waals surface area contributed by atoms with Crippen LogP contribution in [-0.4, -0.2) is 28.9 Å². The molecule has 0 spiro atoms. The fourth-order valence-electron chi connectivity index (χ4n) is 2.63. The molecule has 140 valence electrons. The van der Waals surface area contributed by atoms with Gasteiger partial charge in [0.1, 0.15) is 5.82 Å². The molecule has 0 N–H and O–H groups in total. The van der Waals surface area contributed by atoms with E-state index in [1.807, 2.05) is 41.8 Å². The second kappa shape index (κ2) is 8.59. The van der Waals surface area contributed by atoms with Crippen LogP contribution in [0.2, 0.25) is 5.02 Å². The summed E-state index contributed by atoms with van der Waals surface area (Å²) in [6.07, 6.45) is 1.79. The van der Waals surface area contributed by atoms with Crippen LogP contribution in [0.25, 0.3) is 11.4 Å². The second-order valence-electron chi connectivity index (χ2n) is 6.14. The average Bonchev–Trinajstić information content (AvgIpc) is 3.04. The number of nitrogens with zero attached hydrogens (tertiary/aromatic N) is 4. The number of hydrogen-bond donors (Lipinski definition) is 0. The van der Waals surface area contributed by atoms with Crippen molar-refractivity contribution >= 4 is 29.1 Å². The monoisotopic (exact) mass is 402 g/mol. The van der Waals surface area contributed by atoms with Gasteiger partial charge >= 0.3 is 0 Å². The summed E-state index contributed by atoms with van der Waals surface area (Å²) in [5.74, 6) is 0.808. The van der Waals surface area contributed by atoms with Gasteiger partial charge in [-0.05, 0) is 24.3 Å². The van der Waals surface area contributed by atoms with E-state index in [0.29, 0.717) is 28.0 Å². The van der Waals surface area contributed by atoms with Gasteiger partial charge in [-0.2, -0.15) is 0 Å². The summed E-state index contributed by atoms with van der Waals surface area (Å²) in [6.45, 7) is 4.39. The van der Waals surface area contributed by atoms with Crippen molar-refractivity contribution < 1.29 is 4.39 Å². The van der Waals surface area contributed by atoms with E-state index in [1.165, 1.54) is 17.8 Å². The van der Waals surface area contributed by atoms with Crippen molar-refractivity contribution in [2.24, 2.45) is 0 Å².